The lowest BCUT2D eigenvalue weighted by Gasteiger charge is -2.17. The summed E-state index contributed by atoms with van der Waals surface area (Å²) in [5.41, 5.74) is 8.26. The Kier molecular flexibility index (Phi) is 4.27. The molecule has 5 nitrogen and oxygen atoms in total. The molecule has 0 aliphatic rings. The van der Waals surface area contributed by atoms with Gasteiger partial charge in [0.05, 0.1) is 17.4 Å². The number of aryl methyl sites for hydroxylation is 1. The number of hydrogen-bond acceptors (Lipinski definition) is 4. The van der Waals surface area contributed by atoms with E-state index in [4.69, 9.17) is 10.2 Å². The number of sulfonamides is 1. The van der Waals surface area contributed by atoms with Gasteiger partial charge in [-0.3, -0.25) is 0 Å². The minimum absolute atomic E-state index is 0.259. The van der Waals surface area contributed by atoms with Crippen LogP contribution in [-0.4, -0.2) is 19.8 Å². The first-order valence-corrected chi connectivity index (χ1v) is 7.66. The van der Waals surface area contributed by atoms with Gasteiger partial charge >= 0.3 is 0 Å². The molecule has 1 heterocycles. The van der Waals surface area contributed by atoms with Crippen molar-refractivity contribution < 1.29 is 12.8 Å². The molecule has 0 aliphatic carbocycles. The first kappa shape index (κ1) is 14.8. The molecule has 0 amide bonds. The minimum Gasteiger partial charge on any atom is -0.472 e. The molecule has 0 atom stereocenters. The maximum atomic E-state index is 12.5. The second-order valence-electron chi connectivity index (χ2n) is 4.69. The molecule has 6 heteroatoms. The summed E-state index contributed by atoms with van der Waals surface area (Å²) in [6.07, 6.45) is 3.06. The highest BCUT2D eigenvalue weighted by Gasteiger charge is 2.21. The molecule has 2 rings (SSSR count). The van der Waals surface area contributed by atoms with E-state index in [1.165, 1.54) is 16.8 Å². The molecule has 0 unspecified atom stereocenters. The Labute approximate surface area is 119 Å². The second-order valence-corrected chi connectivity index (χ2v) is 6.73. The summed E-state index contributed by atoms with van der Waals surface area (Å²) < 4.78 is 31.2. The van der Waals surface area contributed by atoms with Crippen LogP contribution in [0.2, 0.25) is 0 Å². The molecule has 0 aliphatic heterocycles. The molecule has 0 fully saturated rings. The number of nitrogens with zero attached hydrogens (tertiary/aromatic N) is 1. The molecule has 0 spiro atoms. The Bertz CT molecular complexity index is 678. The normalized spacial score (nSPS) is 12.0. The monoisotopic (exact) mass is 294 g/mol. The van der Waals surface area contributed by atoms with Gasteiger partial charge in [-0.15, -0.1) is 0 Å². The number of benzene rings is 1. The van der Waals surface area contributed by atoms with E-state index in [-0.39, 0.29) is 11.4 Å². The number of hydrogen-bond donors (Lipinski definition) is 1. The third-order valence-corrected chi connectivity index (χ3v) is 5.03. The van der Waals surface area contributed by atoms with Crippen LogP contribution in [-0.2, 0) is 23.1 Å². The van der Waals surface area contributed by atoms with E-state index in [2.05, 4.69) is 0 Å². The summed E-state index contributed by atoms with van der Waals surface area (Å²) in [6, 6.07) is 6.76. The van der Waals surface area contributed by atoms with Crippen LogP contribution in [0.3, 0.4) is 0 Å². The summed E-state index contributed by atoms with van der Waals surface area (Å²) >= 11 is 0. The molecule has 108 valence electrons. The molecule has 0 bridgehead atoms. The smallest absolute Gasteiger partial charge is 0.243 e. The lowest BCUT2D eigenvalue weighted by atomic mass is 10.1. The van der Waals surface area contributed by atoms with Crippen LogP contribution < -0.4 is 5.73 Å². The first-order valence-electron chi connectivity index (χ1n) is 6.22. The predicted octanol–water partition coefficient (Wildman–Crippen LogP) is 1.87. The van der Waals surface area contributed by atoms with E-state index < -0.39 is 10.0 Å². The Morgan fingerprint density at radius 3 is 2.65 bits per heavy atom. The van der Waals surface area contributed by atoms with Crippen LogP contribution in [0.15, 0.2) is 46.1 Å². The third kappa shape index (κ3) is 2.92. The molecular weight excluding hydrogens is 276 g/mol. The summed E-state index contributed by atoms with van der Waals surface area (Å²) in [5.74, 6) is 0. The number of rotatable bonds is 5. The van der Waals surface area contributed by atoms with Gasteiger partial charge in [0, 0.05) is 25.7 Å². The molecule has 0 saturated heterocycles. The highest BCUT2D eigenvalue weighted by molar-refractivity contribution is 7.89. The fourth-order valence-electron chi connectivity index (χ4n) is 1.93. The lowest BCUT2D eigenvalue weighted by Crippen LogP contribution is -2.26. The van der Waals surface area contributed by atoms with E-state index in [1.807, 2.05) is 6.92 Å². The maximum Gasteiger partial charge on any atom is 0.243 e. The van der Waals surface area contributed by atoms with Gasteiger partial charge in [0.15, 0.2) is 0 Å². The Morgan fingerprint density at radius 1 is 1.30 bits per heavy atom. The summed E-state index contributed by atoms with van der Waals surface area (Å²) in [5, 5.41) is 0. The molecule has 0 radical (unpaired) electrons. The fourth-order valence-corrected chi connectivity index (χ4v) is 3.14. The van der Waals surface area contributed by atoms with Gasteiger partial charge in [0.25, 0.3) is 0 Å². The molecule has 0 saturated carbocycles. The summed E-state index contributed by atoms with van der Waals surface area (Å²) in [6.45, 7) is 2.50. The minimum atomic E-state index is -3.53. The first-order chi connectivity index (χ1) is 9.45. The van der Waals surface area contributed by atoms with Gasteiger partial charge in [-0.2, -0.15) is 4.31 Å². The lowest BCUT2D eigenvalue weighted by molar-refractivity contribution is 0.463. The fraction of sp³-hybridized carbons (Fsp3) is 0.286. The van der Waals surface area contributed by atoms with E-state index >= 15 is 0 Å². The summed E-state index contributed by atoms with van der Waals surface area (Å²) in [4.78, 5) is 0.259. The SMILES string of the molecule is Cc1ccc(S(=O)(=O)N(C)Cc2ccoc2)cc1CN. The predicted molar refractivity (Wildman–Crippen MR) is 76.4 cm³/mol. The van der Waals surface area contributed by atoms with Crippen LogP contribution in [0.5, 0.6) is 0 Å². The van der Waals surface area contributed by atoms with Crippen molar-refractivity contribution in [2.45, 2.75) is 24.9 Å². The van der Waals surface area contributed by atoms with Gasteiger partial charge in [-0.1, -0.05) is 6.07 Å². The van der Waals surface area contributed by atoms with E-state index in [0.717, 1.165) is 16.7 Å². The van der Waals surface area contributed by atoms with Crippen molar-refractivity contribution in [3.63, 3.8) is 0 Å². The van der Waals surface area contributed by atoms with Crippen molar-refractivity contribution in [1.82, 2.24) is 4.31 Å². The molecule has 1 aromatic heterocycles. The zero-order valence-electron chi connectivity index (χ0n) is 11.5. The van der Waals surface area contributed by atoms with Gasteiger partial charge in [-0.25, -0.2) is 8.42 Å². The van der Waals surface area contributed by atoms with Crippen LogP contribution in [0, 0.1) is 6.92 Å². The number of nitrogens with two attached hydrogens (primary N) is 1. The van der Waals surface area contributed by atoms with Crippen LogP contribution in [0.25, 0.3) is 0 Å². The highest BCUT2D eigenvalue weighted by Crippen LogP contribution is 2.20. The quantitative estimate of drug-likeness (QED) is 0.913. The maximum absolute atomic E-state index is 12.5. The van der Waals surface area contributed by atoms with Crippen molar-refractivity contribution >= 4 is 10.0 Å². The van der Waals surface area contributed by atoms with Gasteiger partial charge in [-0.05, 0) is 36.2 Å². The summed E-state index contributed by atoms with van der Waals surface area (Å²) in [7, 11) is -1.98. The zero-order valence-corrected chi connectivity index (χ0v) is 12.4. The van der Waals surface area contributed by atoms with Crippen LogP contribution in [0.1, 0.15) is 16.7 Å². The Morgan fingerprint density at radius 2 is 2.05 bits per heavy atom. The van der Waals surface area contributed by atoms with Crippen LogP contribution in [0.4, 0.5) is 0 Å². The van der Waals surface area contributed by atoms with E-state index in [9.17, 15) is 8.42 Å². The van der Waals surface area contributed by atoms with Crippen molar-refractivity contribution in [3.05, 3.63) is 53.5 Å². The van der Waals surface area contributed by atoms with Crippen molar-refractivity contribution in [2.75, 3.05) is 7.05 Å². The molecule has 2 N–H and O–H groups in total. The van der Waals surface area contributed by atoms with Gasteiger partial charge in [0.2, 0.25) is 10.0 Å². The highest BCUT2D eigenvalue weighted by atomic mass is 32.2. The van der Waals surface area contributed by atoms with Gasteiger partial charge in [0.1, 0.15) is 0 Å². The topological polar surface area (TPSA) is 76.5 Å². The third-order valence-electron chi connectivity index (χ3n) is 3.23. The average Bonchev–Trinajstić information content (AvgIpc) is 2.91. The van der Waals surface area contributed by atoms with E-state index in [1.54, 1.807) is 31.3 Å². The largest absolute Gasteiger partial charge is 0.472 e. The molecule has 2 aromatic rings. The van der Waals surface area contributed by atoms with Crippen molar-refractivity contribution in [3.8, 4) is 0 Å². The average molecular weight is 294 g/mol. The zero-order chi connectivity index (χ0) is 14.8. The van der Waals surface area contributed by atoms with Crippen molar-refractivity contribution in [2.24, 2.45) is 5.73 Å². The Balaban J connectivity index is 2.29. The second kappa shape index (κ2) is 5.78. The number of furan rings is 1. The Hall–Kier alpha value is -1.63. The van der Waals surface area contributed by atoms with E-state index in [0.29, 0.717) is 6.54 Å². The molecule has 20 heavy (non-hydrogen) atoms. The van der Waals surface area contributed by atoms with Crippen molar-refractivity contribution in [1.29, 1.82) is 0 Å². The van der Waals surface area contributed by atoms with Crippen LogP contribution >= 0.6 is 0 Å². The standard InChI is InChI=1S/C14H18N2O3S/c1-11-3-4-14(7-13(11)8-15)20(17,18)16(2)9-12-5-6-19-10-12/h3-7,10H,8-9,15H2,1-2H3. The molecule has 1 aromatic carbocycles. The van der Waals surface area contributed by atoms with Gasteiger partial charge < -0.3 is 10.2 Å². The molecular formula is C14H18N2O3S.